The molecule has 0 N–H and O–H groups in total. The van der Waals surface area contributed by atoms with Gasteiger partial charge in [-0.3, -0.25) is 18.3 Å². The number of hydrogen-bond donors (Lipinski definition) is 0. The van der Waals surface area contributed by atoms with E-state index in [4.69, 9.17) is 4.42 Å². The van der Waals surface area contributed by atoms with E-state index in [9.17, 15) is 0 Å². The van der Waals surface area contributed by atoms with E-state index in [1.807, 2.05) is 0 Å². The molecule has 5 nitrogen and oxygen atoms in total. The molecule has 0 aliphatic carbocycles. The maximum Gasteiger partial charge on any atom is 0.159 e. The van der Waals surface area contributed by atoms with Crippen LogP contribution in [0.2, 0.25) is 0 Å². The first kappa shape index (κ1) is 30.6. The van der Waals surface area contributed by atoms with Crippen molar-refractivity contribution in [3.63, 3.8) is 0 Å². The van der Waals surface area contributed by atoms with Gasteiger partial charge in [-0.15, -0.1) is 0 Å². The number of furan rings is 1. The van der Waals surface area contributed by atoms with Gasteiger partial charge in [0.1, 0.15) is 16.9 Å². The molecule has 0 aliphatic heterocycles. The maximum absolute atomic E-state index is 6.97. The highest BCUT2D eigenvalue weighted by molar-refractivity contribution is 6.24. The molecule has 5 heterocycles. The van der Waals surface area contributed by atoms with Crippen LogP contribution >= 0.6 is 0 Å². The van der Waals surface area contributed by atoms with Crippen LogP contribution in [0.4, 0.5) is 0 Å². The highest BCUT2D eigenvalue weighted by Gasteiger charge is 2.25. The fraction of sp³-hybridized carbons (Fsp3) is 0. The second-order valence-corrected chi connectivity index (χ2v) is 14.9. The third-order valence-electron chi connectivity index (χ3n) is 11.9. The van der Waals surface area contributed by atoms with Crippen LogP contribution in [-0.2, 0) is 0 Å². The van der Waals surface area contributed by atoms with E-state index in [1.54, 1.807) is 0 Å². The molecule has 0 saturated carbocycles. The second kappa shape index (κ2) is 11.4. The van der Waals surface area contributed by atoms with Gasteiger partial charge in [-0.05, 0) is 72.8 Å². The first-order valence-corrected chi connectivity index (χ1v) is 19.5. The SMILES string of the molecule is c1ccc(-n2c3ccccc3c3c4ccccc4n(-c4ccc5oc6c(-n7c8ccccc8c8c9ccccc9n(-c9ccccc9)c87)cccc6c5c4)c32)cc1. The van der Waals surface area contributed by atoms with Gasteiger partial charge in [0.15, 0.2) is 5.58 Å². The number of hydrogen-bond acceptors (Lipinski definition) is 1. The molecule has 57 heavy (non-hydrogen) atoms. The average Bonchev–Trinajstić information content (AvgIpc) is 4.06. The van der Waals surface area contributed by atoms with Crippen molar-refractivity contribution in [1.29, 1.82) is 0 Å². The number of rotatable bonds is 4. The monoisotopic (exact) mass is 728 g/mol. The van der Waals surface area contributed by atoms with Crippen LogP contribution < -0.4 is 0 Å². The molecule has 0 radical (unpaired) electrons. The van der Waals surface area contributed by atoms with Crippen LogP contribution in [0.15, 0.2) is 199 Å². The van der Waals surface area contributed by atoms with Gasteiger partial charge in [0.2, 0.25) is 0 Å². The lowest BCUT2D eigenvalue weighted by atomic mass is 10.1. The summed E-state index contributed by atoms with van der Waals surface area (Å²) in [5.41, 5.74) is 13.0. The lowest BCUT2D eigenvalue weighted by molar-refractivity contribution is 0.666. The van der Waals surface area contributed by atoms with Gasteiger partial charge in [-0.25, -0.2) is 0 Å². The van der Waals surface area contributed by atoms with Crippen molar-refractivity contribution in [1.82, 2.24) is 18.3 Å². The smallest absolute Gasteiger partial charge is 0.159 e. The number of aromatic nitrogens is 4. The van der Waals surface area contributed by atoms with Crippen molar-refractivity contribution in [3.8, 4) is 22.7 Å². The summed E-state index contributed by atoms with van der Waals surface area (Å²) in [6.45, 7) is 0. The summed E-state index contributed by atoms with van der Waals surface area (Å²) in [7, 11) is 0. The van der Waals surface area contributed by atoms with Crippen molar-refractivity contribution in [2.75, 3.05) is 0 Å². The largest absolute Gasteiger partial charge is 0.454 e. The fourth-order valence-electron chi connectivity index (χ4n) is 9.66. The minimum Gasteiger partial charge on any atom is -0.454 e. The molecular weight excluding hydrogens is 697 g/mol. The van der Waals surface area contributed by atoms with E-state index in [2.05, 4.69) is 212 Å². The van der Waals surface area contributed by atoms with Gasteiger partial charge in [0, 0.05) is 60.2 Å². The molecule has 0 spiro atoms. The summed E-state index contributed by atoms with van der Waals surface area (Å²) >= 11 is 0. The van der Waals surface area contributed by atoms with E-state index in [0.29, 0.717) is 0 Å². The van der Waals surface area contributed by atoms with E-state index in [-0.39, 0.29) is 0 Å². The van der Waals surface area contributed by atoms with Gasteiger partial charge >= 0.3 is 0 Å². The molecule has 0 bridgehead atoms. The Labute approximate surface area is 326 Å². The Kier molecular flexibility index (Phi) is 6.10. The summed E-state index contributed by atoms with van der Waals surface area (Å²) in [6, 6.07) is 69.7. The number of fused-ring (bicyclic) bond motifs is 13. The normalized spacial score (nSPS) is 12.2. The standard InChI is InChI=1S/C52H32N4O/c1-3-16-33(17-4-1)53-42-25-11-7-20-37(42)48-39-22-9-13-27-44(39)55(51(48)53)35-30-31-47-41(32-35)36-24-15-29-46(50(36)57-47)56-45-28-14-10-23-40(45)49-38-21-8-12-26-43(38)54(52(49)56)34-18-5-2-6-19-34/h1-32H. The van der Waals surface area contributed by atoms with E-state index in [1.165, 1.54) is 48.9 Å². The number of nitrogens with zero attached hydrogens (tertiary/aromatic N) is 4. The topological polar surface area (TPSA) is 32.9 Å². The van der Waals surface area contributed by atoms with Crippen molar-refractivity contribution in [2.24, 2.45) is 0 Å². The van der Waals surface area contributed by atoms with Gasteiger partial charge in [-0.2, -0.15) is 0 Å². The summed E-state index contributed by atoms with van der Waals surface area (Å²) in [4.78, 5) is 0. The van der Waals surface area contributed by atoms with Crippen LogP contribution in [0.3, 0.4) is 0 Å². The average molecular weight is 729 g/mol. The van der Waals surface area contributed by atoms with Crippen LogP contribution in [0, 0.1) is 0 Å². The second-order valence-electron chi connectivity index (χ2n) is 14.9. The molecule has 0 saturated heterocycles. The zero-order valence-electron chi connectivity index (χ0n) is 30.7. The highest BCUT2D eigenvalue weighted by atomic mass is 16.3. The molecule has 0 fully saturated rings. The predicted molar refractivity (Wildman–Crippen MR) is 236 cm³/mol. The summed E-state index contributed by atoms with van der Waals surface area (Å²) in [5, 5.41) is 9.55. The first-order valence-electron chi connectivity index (χ1n) is 19.5. The third kappa shape index (κ3) is 4.07. The lowest BCUT2D eigenvalue weighted by Crippen LogP contribution is -2.01. The van der Waals surface area contributed by atoms with Gasteiger partial charge in [0.25, 0.3) is 0 Å². The Morgan fingerprint density at radius 1 is 0.298 bits per heavy atom. The molecule has 0 amide bonds. The van der Waals surface area contributed by atoms with Gasteiger partial charge in [0.05, 0.1) is 27.8 Å². The predicted octanol–water partition coefficient (Wildman–Crippen LogP) is 13.7. The minimum absolute atomic E-state index is 0.855. The van der Waals surface area contributed by atoms with E-state index >= 15 is 0 Å². The van der Waals surface area contributed by atoms with Gasteiger partial charge in [-0.1, -0.05) is 121 Å². The molecule has 266 valence electrons. The third-order valence-corrected chi connectivity index (χ3v) is 11.9. The Bertz CT molecular complexity index is 3740. The van der Waals surface area contributed by atoms with Crippen molar-refractivity contribution in [2.45, 2.75) is 0 Å². The summed E-state index contributed by atoms with van der Waals surface area (Å²) in [5.74, 6) is 0. The Hall–Kier alpha value is -7.76. The van der Waals surface area contributed by atoms with Crippen molar-refractivity contribution < 1.29 is 4.42 Å². The quantitative estimate of drug-likeness (QED) is 0.178. The Morgan fingerprint density at radius 3 is 1.25 bits per heavy atom. The molecule has 5 heteroatoms. The lowest BCUT2D eigenvalue weighted by Gasteiger charge is -2.13. The summed E-state index contributed by atoms with van der Waals surface area (Å²) in [6.07, 6.45) is 0. The fourth-order valence-corrected chi connectivity index (χ4v) is 9.66. The molecule has 13 aromatic rings. The zero-order chi connectivity index (χ0) is 37.2. The number of para-hydroxylation sites is 7. The van der Waals surface area contributed by atoms with E-state index < -0.39 is 0 Å². The van der Waals surface area contributed by atoms with Gasteiger partial charge < -0.3 is 4.42 Å². The molecule has 0 unspecified atom stereocenters. The van der Waals surface area contributed by atoms with Crippen LogP contribution in [0.1, 0.15) is 0 Å². The molecule has 13 rings (SSSR count). The molecular formula is C52H32N4O. The molecule has 0 aliphatic rings. The Balaban J connectivity index is 1.12. The highest BCUT2D eigenvalue weighted by Crippen LogP contribution is 2.45. The van der Waals surface area contributed by atoms with Crippen LogP contribution in [-0.4, -0.2) is 18.3 Å². The van der Waals surface area contributed by atoms with Crippen LogP contribution in [0.25, 0.3) is 110 Å². The first-order chi connectivity index (χ1) is 28.3. The number of benzene rings is 8. The summed E-state index contributed by atoms with van der Waals surface area (Å²) < 4.78 is 16.6. The zero-order valence-corrected chi connectivity index (χ0v) is 30.7. The molecule has 8 aromatic carbocycles. The van der Waals surface area contributed by atoms with Crippen LogP contribution in [0.5, 0.6) is 0 Å². The Morgan fingerprint density at radius 2 is 0.719 bits per heavy atom. The van der Waals surface area contributed by atoms with Crippen molar-refractivity contribution in [3.05, 3.63) is 194 Å². The molecule has 5 aromatic heterocycles. The van der Waals surface area contributed by atoms with E-state index in [0.717, 1.165) is 61.5 Å². The maximum atomic E-state index is 6.97. The molecule has 0 atom stereocenters. The minimum atomic E-state index is 0.855. The van der Waals surface area contributed by atoms with Crippen molar-refractivity contribution >= 4 is 87.6 Å².